The first-order chi connectivity index (χ1) is 14.2. The zero-order valence-corrected chi connectivity index (χ0v) is 18.3. The second kappa shape index (κ2) is 6.00. The molecule has 1 amide bonds. The molecule has 6 nitrogen and oxygen atoms in total. The van der Waals surface area contributed by atoms with Crippen LogP contribution >= 0.6 is 11.6 Å². The molecule has 4 saturated carbocycles. The minimum Gasteiger partial charge on any atom is -0.440 e. The Kier molecular flexibility index (Phi) is 3.82. The molecule has 5 aliphatic rings. The molecule has 7 rings (SSSR count). The number of halogens is 1. The van der Waals surface area contributed by atoms with E-state index in [0.717, 1.165) is 68.4 Å². The van der Waals surface area contributed by atoms with Gasteiger partial charge in [0.1, 0.15) is 5.52 Å². The Balaban J connectivity index is 1.12. The van der Waals surface area contributed by atoms with Gasteiger partial charge in [0.25, 0.3) is 0 Å². The molecule has 1 spiro atoms. The van der Waals surface area contributed by atoms with Gasteiger partial charge < -0.3 is 9.73 Å². The van der Waals surface area contributed by atoms with E-state index in [2.05, 4.69) is 5.32 Å². The summed E-state index contributed by atoms with van der Waals surface area (Å²) < 4.78 is 29.1. The monoisotopic (exact) mass is 448 g/mol. The van der Waals surface area contributed by atoms with E-state index in [-0.39, 0.29) is 39.7 Å². The van der Waals surface area contributed by atoms with Crippen LogP contribution in [-0.2, 0) is 20.0 Å². The molecule has 4 aliphatic carbocycles. The molecule has 160 valence electrons. The first-order valence-electron chi connectivity index (χ1n) is 10.8. The highest BCUT2D eigenvalue weighted by molar-refractivity contribution is 7.92. The van der Waals surface area contributed by atoms with Crippen LogP contribution in [0.1, 0.15) is 57.3 Å². The van der Waals surface area contributed by atoms with Crippen LogP contribution in [-0.4, -0.2) is 36.4 Å². The lowest BCUT2D eigenvalue weighted by molar-refractivity contribution is -0.135. The van der Waals surface area contributed by atoms with Crippen molar-refractivity contribution in [1.82, 2.24) is 10.3 Å². The fourth-order valence-corrected chi connectivity index (χ4v) is 8.90. The zero-order chi connectivity index (χ0) is 20.8. The van der Waals surface area contributed by atoms with Gasteiger partial charge in [0.15, 0.2) is 15.4 Å². The van der Waals surface area contributed by atoms with E-state index < -0.39 is 9.84 Å². The molecule has 2 bridgehead atoms. The van der Waals surface area contributed by atoms with Crippen molar-refractivity contribution in [2.24, 2.45) is 11.3 Å². The van der Waals surface area contributed by atoms with Crippen LogP contribution in [0.25, 0.3) is 11.1 Å². The number of hydrogen-bond acceptors (Lipinski definition) is 5. The standard InChI is InChI=1S/C22H25ClN2O4S/c23-15-1-2-17-16(9-15)24-19(29-17)21-3-6-22(7-4-21,8-5-21)25-18(26)14-10-20(11-14)12-30(27,28)13-20/h1-2,9,14H,3-8,10-13H2,(H,25,26). The number of sulfone groups is 1. The lowest BCUT2D eigenvalue weighted by Gasteiger charge is -2.55. The van der Waals surface area contributed by atoms with Gasteiger partial charge in [0, 0.05) is 21.9 Å². The van der Waals surface area contributed by atoms with Gasteiger partial charge in [-0.25, -0.2) is 13.4 Å². The molecule has 1 aromatic heterocycles. The molecular formula is C22H25ClN2O4S. The number of hydrogen-bond donors (Lipinski definition) is 1. The number of aromatic nitrogens is 1. The summed E-state index contributed by atoms with van der Waals surface area (Å²) in [6.45, 7) is 0. The van der Waals surface area contributed by atoms with E-state index in [4.69, 9.17) is 21.0 Å². The number of amides is 1. The predicted octanol–water partition coefficient (Wildman–Crippen LogP) is 3.77. The second-order valence-electron chi connectivity index (χ2n) is 10.3. The average molecular weight is 449 g/mol. The van der Waals surface area contributed by atoms with E-state index in [1.54, 1.807) is 0 Å². The summed E-state index contributed by atoms with van der Waals surface area (Å²) in [5, 5.41) is 4.03. The summed E-state index contributed by atoms with van der Waals surface area (Å²) in [7, 11) is -2.84. The minimum absolute atomic E-state index is 0.0229. The molecule has 0 atom stereocenters. The van der Waals surface area contributed by atoms with Crippen LogP contribution in [0.4, 0.5) is 0 Å². The smallest absolute Gasteiger partial charge is 0.223 e. The Labute approximate surface area is 180 Å². The van der Waals surface area contributed by atoms with E-state index in [9.17, 15) is 13.2 Å². The molecule has 1 N–H and O–H groups in total. The van der Waals surface area contributed by atoms with Crippen molar-refractivity contribution in [3.8, 4) is 0 Å². The van der Waals surface area contributed by atoms with Gasteiger partial charge in [-0.1, -0.05) is 11.6 Å². The van der Waals surface area contributed by atoms with Crippen molar-refractivity contribution < 1.29 is 17.6 Å². The zero-order valence-electron chi connectivity index (χ0n) is 16.7. The summed E-state index contributed by atoms with van der Waals surface area (Å²) in [5.41, 5.74) is 1.32. The number of nitrogens with zero attached hydrogens (tertiary/aromatic N) is 1. The minimum atomic E-state index is -2.84. The first kappa shape index (κ1) is 19.1. The van der Waals surface area contributed by atoms with Crippen molar-refractivity contribution in [3.05, 3.63) is 29.1 Å². The third-order valence-electron chi connectivity index (χ3n) is 8.22. The van der Waals surface area contributed by atoms with Crippen LogP contribution in [0.5, 0.6) is 0 Å². The molecular weight excluding hydrogens is 424 g/mol. The number of oxazole rings is 1. The van der Waals surface area contributed by atoms with Crippen molar-refractivity contribution >= 4 is 38.4 Å². The fraction of sp³-hybridized carbons (Fsp3) is 0.636. The number of carbonyl (C=O) groups excluding carboxylic acids is 1. The molecule has 1 aromatic carbocycles. The third-order valence-corrected chi connectivity index (χ3v) is 10.6. The topological polar surface area (TPSA) is 89.3 Å². The van der Waals surface area contributed by atoms with Crippen molar-refractivity contribution in [3.63, 3.8) is 0 Å². The van der Waals surface area contributed by atoms with Crippen LogP contribution in [0.2, 0.25) is 5.02 Å². The SMILES string of the molecule is O=C(NC12CCC(c3nc4cc(Cl)ccc4o3)(CC1)CC2)C1CC2(C1)CS(=O)(=O)C2. The Bertz CT molecular complexity index is 1130. The summed E-state index contributed by atoms with van der Waals surface area (Å²) in [6, 6.07) is 5.54. The molecule has 8 heteroatoms. The number of rotatable bonds is 3. The van der Waals surface area contributed by atoms with Gasteiger partial charge in [0.05, 0.1) is 11.5 Å². The van der Waals surface area contributed by atoms with Crippen LogP contribution < -0.4 is 5.32 Å². The van der Waals surface area contributed by atoms with Gasteiger partial charge in [-0.2, -0.15) is 0 Å². The fourth-order valence-electron chi connectivity index (χ4n) is 6.48. The number of fused-ring (bicyclic) bond motifs is 4. The van der Waals surface area contributed by atoms with Crippen molar-refractivity contribution in [2.45, 2.75) is 62.3 Å². The average Bonchev–Trinajstić information content (AvgIpc) is 3.09. The second-order valence-corrected chi connectivity index (χ2v) is 12.8. The summed E-state index contributed by atoms with van der Waals surface area (Å²) in [5.74, 6) is 1.45. The predicted molar refractivity (Wildman–Crippen MR) is 113 cm³/mol. The third kappa shape index (κ3) is 2.84. The van der Waals surface area contributed by atoms with Crippen LogP contribution in [0.15, 0.2) is 22.6 Å². The number of benzene rings is 1. The van der Waals surface area contributed by atoms with Gasteiger partial charge in [0.2, 0.25) is 11.8 Å². The Morgan fingerprint density at radius 3 is 2.40 bits per heavy atom. The van der Waals surface area contributed by atoms with Gasteiger partial charge in [-0.15, -0.1) is 0 Å². The van der Waals surface area contributed by atoms with Crippen molar-refractivity contribution in [1.29, 1.82) is 0 Å². The van der Waals surface area contributed by atoms with Gasteiger partial charge in [-0.05, 0) is 75.0 Å². The maximum Gasteiger partial charge on any atom is 0.223 e. The maximum absolute atomic E-state index is 12.9. The molecule has 1 saturated heterocycles. The normalized spacial score (nSPS) is 33.9. The lowest BCUT2D eigenvalue weighted by atomic mass is 9.56. The molecule has 30 heavy (non-hydrogen) atoms. The summed E-state index contributed by atoms with van der Waals surface area (Å²) in [6.07, 6.45) is 7.13. The Hall–Kier alpha value is -1.60. The highest BCUT2D eigenvalue weighted by Crippen LogP contribution is 2.56. The highest BCUT2D eigenvalue weighted by Gasteiger charge is 2.59. The molecule has 2 aromatic rings. The highest BCUT2D eigenvalue weighted by atomic mass is 35.5. The lowest BCUT2D eigenvalue weighted by Crippen LogP contribution is -2.63. The van der Waals surface area contributed by atoms with E-state index in [0.29, 0.717) is 5.02 Å². The molecule has 2 heterocycles. The van der Waals surface area contributed by atoms with E-state index >= 15 is 0 Å². The molecule has 0 radical (unpaired) electrons. The quantitative estimate of drug-likeness (QED) is 0.772. The Morgan fingerprint density at radius 2 is 1.77 bits per heavy atom. The van der Waals surface area contributed by atoms with Crippen molar-refractivity contribution in [2.75, 3.05) is 11.5 Å². The van der Waals surface area contributed by atoms with Gasteiger partial charge >= 0.3 is 0 Å². The largest absolute Gasteiger partial charge is 0.440 e. The van der Waals surface area contributed by atoms with Gasteiger partial charge in [-0.3, -0.25) is 4.79 Å². The first-order valence-corrected chi connectivity index (χ1v) is 13.0. The molecule has 1 aliphatic heterocycles. The van der Waals surface area contributed by atoms with Crippen LogP contribution in [0.3, 0.4) is 0 Å². The van der Waals surface area contributed by atoms with E-state index in [1.807, 2.05) is 18.2 Å². The Morgan fingerprint density at radius 1 is 1.10 bits per heavy atom. The van der Waals surface area contributed by atoms with Crippen LogP contribution in [0, 0.1) is 11.3 Å². The summed E-state index contributed by atoms with van der Waals surface area (Å²) >= 11 is 6.09. The summed E-state index contributed by atoms with van der Waals surface area (Å²) in [4.78, 5) is 17.6. The number of nitrogens with one attached hydrogen (secondary N) is 1. The molecule has 0 unspecified atom stereocenters. The molecule has 5 fully saturated rings. The maximum atomic E-state index is 12.9. The number of carbonyl (C=O) groups is 1. The van der Waals surface area contributed by atoms with E-state index in [1.165, 1.54) is 0 Å².